The Kier molecular flexibility index (Phi) is 6.43. The number of rotatable bonds is 8. The molecule has 0 bridgehead atoms. The summed E-state index contributed by atoms with van der Waals surface area (Å²) in [5.74, 6) is -0.0566. The van der Waals surface area contributed by atoms with Gasteiger partial charge in [-0.1, -0.05) is 19.1 Å². The molecule has 0 unspecified atom stereocenters. The van der Waals surface area contributed by atoms with E-state index >= 15 is 0 Å². The van der Waals surface area contributed by atoms with E-state index in [0.717, 1.165) is 24.2 Å². The molecule has 0 aromatic heterocycles. The number of hydrogen-bond acceptors (Lipinski definition) is 4. The highest BCUT2D eigenvalue weighted by atomic mass is 16.5. The van der Waals surface area contributed by atoms with E-state index in [9.17, 15) is 9.59 Å². The number of aliphatic carboxylic acids is 1. The zero-order chi connectivity index (χ0) is 17.5. The average molecular weight is 335 g/mol. The van der Waals surface area contributed by atoms with Crippen LogP contribution in [0.25, 0.3) is 0 Å². The fourth-order valence-corrected chi connectivity index (χ4v) is 2.88. The number of carboxylic acids is 1. The number of amides is 2. The molecule has 1 fully saturated rings. The molecule has 0 radical (unpaired) electrons. The number of methoxy groups -OCH3 is 1. The minimum absolute atomic E-state index is 0.0515. The summed E-state index contributed by atoms with van der Waals surface area (Å²) in [6.07, 6.45) is 1.57. The normalized spacial score (nSPS) is 19.5. The van der Waals surface area contributed by atoms with Gasteiger partial charge in [0.25, 0.3) is 0 Å². The van der Waals surface area contributed by atoms with Gasteiger partial charge in [-0.25, -0.2) is 4.79 Å². The Balaban J connectivity index is 1.69. The molecule has 0 heterocycles. The van der Waals surface area contributed by atoms with E-state index < -0.39 is 5.97 Å². The van der Waals surface area contributed by atoms with Crippen molar-refractivity contribution in [2.45, 2.75) is 38.4 Å². The highest BCUT2D eigenvalue weighted by Crippen LogP contribution is 2.25. The summed E-state index contributed by atoms with van der Waals surface area (Å²) < 4.78 is 5.15. The van der Waals surface area contributed by atoms with Crippen LogP contribution in [-0.2, 0) is 11.3 Å². The van der Waals surface area contributed by atoms with Crippen LogP contribution in [0.1, 0.15) is 25.3 Å². The summed E-state index contributed by atoms with van der Waals surface area (Å²) in [6.45, 7) is 3.13. The van der Waals surface area contributed by atoms with Gasteiger partial charge in [0.2, 0.25) is 0 Å². The lowest BCUT2D eigenvalue weighted by atomic mass is 9.85. The molecule has 2 amide bonds. The van der Waals surface area contributed by atoms with Crippen molar-refractivity contribution >= 4 is 12.0 Å². The summed E-state index contributed by atoms with van der Waals surface area (Å²) in [6, 6.07) is 7.67. The summed E-state index contributed by atoms with van der Waals surface area (Å²) in [5.41, 5.74) is 0.967. The molecule has 7 nitrogen and oxygen atoms in total. The Morgan fingerprint density at radius 1 is 1.38 bits per heavy atom. The summed E-state index contributed by atoms with van der Waals surface area (Å²) >= 11 is 0. The smallest absolute Gasteiger partial charge is 0.317 e. The predicted octanol–water partition coefficient (Wildman–Crippen LogP) is 1.43. The molecular weight excluding hydrogens is 310 g/mol. The van der Waals surface area contributed by atoms with E-state index in [1.54, 1.807) is 7.11 Å². The van der Waals surface area contributed by atoms with Crippen molar-refractivity contribution in [3.63, 3.8) is 0 Å². The molecule has 24 heavy (non-hydrogen) atoms. The molecule has 1 aliphatic rings. The third-order valence-electron chi connectivity index (χ3n) is 4.30. The SMILES string of the molecule is CCN(CC(=O)O)C1CC(NC(=O)NCc2cccc(OC)c2)C1. The summed E-state index contributed by atoms with van der Waals surface area (Å²) in [4.78, 5) is 24.7. The van der Waals surface area contributed by atoms with E-state index in [1.807, 2.05) is 36.1 Å². The van der Waals surface area contributed by atoms with Gasteiger partial charge in [-0.15, -0.1) is 0 Å². The van der Waals surface area contributed by atoms with Crippen LogP contribution in [0.3, 0.4) is 0 Å². The van der Waals surface area contributed by atoms with Crippen molar-refractivity contribution < 1.29 is 19.4 Å². The lowest BCUT2D eigenvalue weighted by Gasteiger charge is -2.42. The molecule has 0 atom stereocenters. The lowest BCUT2D eigenvalue weighted by molar-refractivity contribution is -0.139. The number of ether oxygens (including phenoxy) is 1. The van der Waals surface area contributed by atoms with Gasteiger partial charge in [-0.05, 0) is 37.1 Å². The van der Waals surface area contributed by atoms with Crippen molar-refractivity contribution in [2.24, 2.45) is 0 Å². The molecule has 1 saturated carbocycles. The number of benzene rings is 1. The Bertz CT molecular complexity index is 573. The highest BCUT2D eigenvalue weighted by molar-refractivity contribution is 5.74. The van der Waals surface area contributed by atoms with Crippen LogP contribution in [0.5, 0.6) is 5.75 Å². The fraction of sp³-hybridized carbons (Fsp3) is 0.529. The Labute approximate surface area is 142 Å². The number of carbonyl (C=O) groups is 2. The third-order valence-corrected chi connectivity index (χ3v) is 4.30. The highest BCUT2D eigenvalue weighted by Gasteiger charge is 2.34. The molecule has 1 aromatic rings. The van der Waals surface area contributed by atoms with Crippen molar-refractivity contribution in [1.29, 1.82) is 0 Å². The summed E-state index contributed by atoms with van der Waals surface area (Å²) in [7, 11) is 1.61. The van der Waals surface area contributed by atoms with Crippen molar-refractivity contribution in [3.05, 3.63) is 29.8 Å². The van der Waals surface area contributed by atoms with Crippen LogP contribution < -0.4 is 15.4 Å². The first-order valence-corrected chi connectivity index (χ1v) is 8.15. The van der Waals surface area contributed by atoms with Gasteiger partial charge in [-0.2, -0.15) is 0 Å². The molecular formula is C17H25N3O4. The largest absolute Gasteiger partial charge is 0.497 e. The first-order chi connectivity index (χ1) is 11.5. The molecule has 1 aliphatic carbocycles. The second-order valence-corrected chi connectivity index (χ2v) is 5.96. The van der Waals surface area contributed by atoms with E-state index in [4.69, 9.17) is 9.84 Å². The Morgan fingerprint density at radius 2 is 2.12 bits per heavy atom. The molecule has 1 aromatic carbocycles. The van der Waals surface area contributed by atoms with Crippen molar-refractivity contribution in [2.75, 3.05) is 20.2 Å². The number of carbonyl (C=O) groups excluding carboxylic acids is 1. The van der Waals surface area contributed by atoms with Crippen LogP contribution >= 0.6 is 0 Å². The zero-order valence-corrected chi connectivity index (χ0v) is 14.1. The molecule has 7 heteroatoms. The maximum atomic E-state index is 11.9. The van der Waals surface area contributed by atoms with Crippen LogP contribution in [-0.4, -0.2) is 54.3 Å². The Hall–Kier alpha value is -2.28. The van der Waals surface area contributed by atoms with Crippen LogP contribution in [0.4, 0.5) is 4.79 Å². The molecule has 3 N–H and O–H groups in total. The predicted molar refractivity (Wildman–Crippen MR) is 90.1 cm³/mol. The van der Waals surface area contributed by atoms with E-state index in [0.29, 0.717) is 13.1 Å². The monoisotopic (exact) mass is 335 g/mol. The van der Waals surface area contributed by atoms with Crippen LogP contribution in [0.15, 0.2) is 24.3 Å². The molecule has 2 rings (SSSR count). The second-order valence-electron chi connectivity index (χ2n) is 5.96. The quantitative estimate of drug-likeness (QED) is 0.668. The van der Waals surface area contributed by atoms with Gasteiger partial charge in [-0.3, -0.25) is 9.69 Å². The maximum absolute atomic E-state index is 11.9. The topological polar surface area (TPSA) is 90.9 Å². The van der Waals surface area contributed by atoms with Crippen LogP contribution in [0, 0.1) is 0 Å². The molecule has 0 saturated heterocycles. The lowest BCUT2D eigenvalue weighted by Crippen LogP contribution is -2.56. The standard InChI is InChI=1S/C17H25N3O4/c1-3-20(11-16(21)22)14-8-13(9-14)19-17(23)18-10-12-5-4-6-15(7-12)24-2/h4-7,13-14H,3,8-11H2,1-2H3,(H,21,22)(H2,18,19,23). The molecule has 132 valence electrons. The number of likely N-dealkylation sites (N-methyl/N-ethyl adjacent to an activating group) is 1. The number of nitrogens with one attached hydrogen (secondary N) is 2. The first-order valence-electron chi connectivity index (χ1n) is 8.15. The van der Waals surface area contributed by atoms with Gasteiger partial charge in [0.1, 0.15) is 5.75 Å². The van der Waals surface area contributed by atoms with Gasteiger partial charge >= 0.3 is 12.0 Å². The molecule has 0 spiro atoms. The fourth-order valence-electron chi connectivity index (χ4n) is 2.88. The number of hydrogen-bond donors (Lipinski definition) is 3. The first kappa shape index (κ1) is 18.1. The minimum Gasteiger partial charge on any atom is -0.497 e. The van der Waals surface area contributed by atoms with Gasteiger partial charge in [0.05, 0.1) is 13.7 Å². The second kappa shape index (κ2) is 8.54. The average Bonchev–Trinajstić information content (AvgIpc) is 2.54. The van der Waals surface area contributed by atoms with E-state index in [2.05, 4.69) is 10.6 Å². The number of carboxylic acid groups (broad SMARTS) is 1. The van der Waals surface area contributed by atoms with Gasteiger partial charge in [0.15, 0.2) is 0 Å². The van der Waals surface area contributed by atoms with Crippen molar-refractivity contribution in [1.82, 2.24) is 15.5 Å². The maximum Gasteiger partial charge on any atom is 0.317 e. The number of urea groups is 1. The van der Waals surface area contributed by atoms with Gasteiger partial charge < -0.3 is 20.5 Å². The minimum atomic E-state index is -0.815. The van der Waals surface area contributed by atoms with Crippen molar-refractivity contribution in [3.8, 4) is 5.75 Å². The zero-order valence-electron chi connectivity index (χ0n) is 14.1. The van der Waals surface area contributed by atoms with Crippen LogP contribution in [0.2, 0.25) is 0 Å². The van der Waals surface area contributed by atoms with Gasteiger partial charge in [0, 0.05) is 18.6 Å². The Morgan fingerprint density at radius 3 is 2.75 bits per heavy atom. The third kappa shape index (κ3) is 5.13. The molecule has 0 aliphatic heterocycles. The number of nitrogens with zero attached hydrogens (tertiary/aromatic N) is 1. The summed E-state index contributed by atoms with van der Waals surface area (Å²) in [5, 5.41) is 14.6. The van der Waals surface area contributed by atoms with E-state index in [1.165, 1.54) is 0 Å². The van der Waals surface area contributed by atoms with E-state index in [-0.39, 0.29) is 24.7 Å².